The zero-order valence-corrected chi connectivity index (χ0v) is 12.4. The Balaban J connectivity index is 2.46. The van der Waals surface area contributed by atoms with Crippen molar-refractivity contribution in [2.75, 3.05) is 5.75 Å². The number of rotatable bonds is 8. The fourth-order valence-electron chi connectivity index (χ4n) is 2.75. The summed E-state index contributed by atoms with van der Waals surface area (Å²) in [5.74, 6) is -0.606. The topological polar surface area (TPSA) is 83.5 Å². The summed E-state index contributed by atoms with van der Waals surface area (Å²) in [6, 6.07) is 0.00938. The van der Waals surface area contributed by atoms with E-state index in [2.05, 4.69) is 4.72 Å². The van der Waals surface area contributed by atoms with Crippen molar-refractivity contribution in [3.63, 3.8) is 0 Å². The molecule has 0 bridgehead atoms. The number of carbonyl (C=O) groups is 1. The van der Waals surface area contributed by atoms with Crippen LogP contribution >= 0.6 is 0 Å². The van der Waals surface area contributed by atoms with Crippen molar-refractivity contribution in [3.8, 4) is 0 Å². The molecule has 1 atom stereocenters. The molecule has 6 heteroatoms. The normalized spacial score (nSPS) is 19.2. The number of carboxylic acids is 1. The monoisotopic (exact) mass is 291 g/mol. The van der Waals surface area contributed by atoms with Crippen LogP contribution in [0.3, 0.4) is 0 Å². The summed E-state index contributed by atoms with van der Waals surface area (Å²) in [5.41, 5.74) is 0. The fraction of sp³-hybridized carbons (Fsp3) is 0.923. The highest BCUT2D eigenvalue weighted by molar-refractivity contribution is 7.89. The minimum atomic E-state index is -3.35. The smallest absolute Gasteiger partial charge is 0.303 e. The summed E-state index contributed by atoms with van der Waals surface area (Å²) >= 11 is 0. The lowest BCUT2D eigenvalue weighted by Gasteiger charge is -2.30. The molecular formula is C13H25NO4S. The third-order valence-corrected chi connectivity index (χ3v) is 5.28. The molecule has 0 spiro atoms. The van der Waals surface area contributed by atoms with E-state index in [1.54, 1.807) is 0 Å². The van der Waals surface area contributed by atoms with E-state index < -0.39 is 16.0 Å². The average Bonchev–Trinajstić information content (AvgIpc) is 2.36. The molecule has 2 N–H and O–H groups in total. The van der Waals surface area contributed by atoms with Crippen LogP contribution < -0.4 is 4.72 Å². The zero-order chi connectivity index (χ0) is 14.3. The molecule has 0 aromatic carbocycles. The lowest BCUT2D eigenvalue weighted by Crippen LogP contribution is -2.41. The number of carboxylic acid groups (broad SMARTS) is 1. The van der Waals surface area contributed by atoms with Crippen LogP contribution in [0.25, 0.3) is 0 Å². The van der Waals surface area contributed by atoms with Crippen molar-refractivity contribution < 1.29 is 18.3 Å². The Kier molecular flexibility index (Phi) is 6.79. The molecule has 1 aliphatic rings. The lowest BCUT2D eigenvalue weighted by atomic mass is 9.83. The van der Waals surface area contributed by atoms with Gasteiger partial charge in [0.1, 0.15) is 0 Å². The number of nitrogens with one attached hydrogen (secondary N) is 1. The van der Waals surface area contributed by atoms with E-state index in [0.717, 1.165) is 19.3 Å². The predicted molar refractivity (Wildman–Crippen MR) is 74.4 cm³/mol. The van der Waals surface area contributed by atoms with E-state index in [0.29, 0.717) is 5.92 Å². The van der Waals surface area contributed by atoms with E-state index in [-0.39, 0.29) is 24.6 Å². The summed E-state index contributed by atoms with van der Waals surface area (Å²) < 4.78 is 26.6. The van der Waals surface area contributed by atoms with Crippen LogP contribution in [0, 0.1) is 5.92 Å². The Labute approximate surface area is 115 Å². The first-order chi connectivity index (χ1) is 8.94. The summed E-state index contributed by atoms with van der Waals surface area (Å²) in [5, 5.41) is 8.53. The van der Waals surface area contributed by atoms with Gasteiger partial charge in [-0.3, -0.25) is 4.79 Å². The van der Waals surface area contributed by atoms with Crippen molar-refractivity contribution in [1.82, 2.24) is 4.72 Å². The second-order valence-electron chi connectivity index (χ2n) is 5.35. The van der Waals surface area contributed by atoms with E-state index in [4.69, 9.17) is 5.11 Å². The number of hydrogen-bond acceptors (Lipinski definition) is 3. The molecule has 19 heavy (non-hydrogen) atoms. The second kappa shape index (κ2) is 7.85. The van der Waals surface area contributed by atoms with Gasteiger partial charge in [-0.05, 0) is 31.6 Å². The summed E-state index contributed by atoms with van der Waals surface area (Å²) in [4.78, 5) is 10.4. The van der Waals surface area contributed by atoms with Gasteiger partial charge in [0, 0.05) is 12.5 Å². The molecule has 1 fully saturated rings. The molecule has 0 heterocycles. The van der Waals surface area contributed by atoms with Crippen LogP contribution in [0.2, 0.25) is 0 Å². The maximum absolute atomic E-state index is 11.9. The van der Waals surface area contributed by atoms with E-state index >= 15 is 0 Å². The van der Waals surface area contributed by atoms with Crippen molar-refractivity contribution in [2.45, 2.75) is 64.3 Å². The van der Waals surface area contributed by atoms with Crippen LogP contribution in [-0.4, -0.2) is 31.3 Å². The minimum absolute atomic E-state index is 0.00938. The van der Waals surface area contributed by atoms with Crippen molar-refractivity contribution in [1.29, 1.82) is 0 Å². The largest absolute Gasteiger partial charge is 0.481 e. The van der Waals surface area contributed by atoms with Gasteiger partial charge in [0.05, 0.1) is 5.75 Å². The van der Waals surface area contributed by atoms with Crippen LogP contribution in [0.4, 0.5) is 0 Å². The maximum atomic E-state index is 11.9. The molecule has 5 nitrogen and oxygen atoms in total. The van der Waals surface area contributed by atoms with Crippen LogP contribution in [-0.2, 0) is 14.8 Å². The quantitative estimate of drug-likeness (QED) is 0.717. The molecule has 112 valence electrons. The molecule has 1 saturated carbocycles. The van der Waals surface area contributed by atoms with Gasteiger partial charge in [-0.25, -0.2) is 13.1 Å². The van der Waals surface area contributed by atoms with Crippen molar-refractivity contribution in [2.24, 2.45) is 5.92 Å². The molecule has 0 aromatic rings. The van der Waals surface area contributed by atoms with Gasteiger partial charge < -0.3 is 5.11 Å². The first-order valence-corrected chi connectivity index (χ1v) is 8.81. The first-order valence-electron chi connectivity index (χ1n) is 7.16. The van der Waals surface area contributed by atoms with Crippen LogP contribution in [0.1, 0.15) is 58.3 Å². The van der Waals surface area contributed by atoms with Crippen molar-refractivity contribution in [3.05, 3.63) is 0 Å². The first kappa shape index (κ1) is 16.4. The van der Waals surface area contributed by atoms with E-state index in [1.165, 1.54) is 19.3 Å². The zero-order valence-electron chi connectivity index (χ0n) is 11.6. The SMILES string of the molecule is CCC(NS(=O)(=O)CCCC(=O)O)C1CCCCC1. The Morgan fingerprint density at radius 3 is 2.47 bits per heavy atom. The lowest BCUT2D eigenvalue weighted by molar-refractivity contribution is -0.137. The maximum Gasteiger partial charge on any atom is 0.303 e. The molecule has 0 aliphatic heterocycles. The molecule has 0 saturated heterocycles. The Morgan fingerprint density at radius 1 is 1.32 bits per heavy atom. The number of sulfonamides is 1. The molecule has 1 aliphatic carbocycles. The van der Waals surface area contributed by atoms with Gasteiger partial charge in [0.25, 0.3) is 0 Å². The van der Waals surface area contributed by atoms with E-state index in [1.807, 2.05) is 6.92 Å². The van der Waals surface area contributed by atoms with Gasteiger partial charge in [-0.1, -0.05) is 26.2 Å². The summed E-state index contributed by atoms with van der Waals surface area (Å²) in [6.07, 6.45) is 6.67. The molecule has 0 aromatic heterocycles. The standard InChI is InChI=1S/C13H25NO4S/c1-2-12(11-7-4-3-5-8-11)14-19(17,18)10-6-9-13(15)16/h11-12,14H,2-10H2,1H3,(H,15,16). The van der Waals surface area contributed by atoms with Gasteiger partial charge in [-0.15, -0.1) is 0 Å². The Bertz CT molecular complexity index is 374. The molecule has 1 unspecified atom stereocenters. The molecule has 0 radical (unpaired) electrons. The van der Waals surface area contributed by atoms with E-state index in [9.17, 15) is 13.2 Å². The molecule has 0 amide bonds. The molecule has 1 rings (SSSR count). The third kappa shape index (κ3) is 6.38. The predicted octanol–water partition coefficient (Wildman–Crippen LogP) is 2.13. The number of aliphatic carboxylic acids is 1. The highest BCUT2D eigenvalue weighted by Crippen LogP contribution is 2.28. The summed E-state index contributed by atoms with van der Waals surface area (Å²) in [6.45, 7) is 2.00. The average molecular weight is 291 g/mol. The van der Waals surface area contributed by atoms with Crippen LogP contribution in [0.5, 0.6) is 0 Å². The van der Waals surface area contributed by atoms with Gasteiger partial charge in [-0.2, -0.15) is 0 Å². The highest BCUT2D eigenvalue weighted by atomic mass is 32.2. The number of hydrogen-bond donors (Lipinski definition) is 2. The van der Waals surface area contributed by atoms with Gasteiger partial charge in [0.2, 0.25) is 10.0 Å². The van der Waals surface area contributed by atoms with Crippen LogP contribution in [0.15, 0.2) is 0 Å². The second-order valence-corrected chi connectivity index (χ2v) is 7.22. The van der Waals surface area contributed by atoms with Crippen molar-refractivity contribution >= 4 is 16.0 Å². The summed E-state index contributed by atoms with van der Waals surface area (Å²) in [7, 11) is -3.35. The fourth-order valence-corrected chi connectivity index (χ4v) is 4.22. The van der Waals surface area contributed by atoms with Gasteiger partial charge >= 0.3 is 5.97 Å². The molecular weight excluding hydrogens is 266 g/mol. The Morgan fingerprint density at radius 2 is 1.95 bits per heavy atom. The van der Waals surface area contributed by atoms with Gasteiger partial charge in [0.15, 0.2) is 0 Å². The minimum Gasteiger partial charge on any atom is -0.481 e. The highest BCUT2D eigenvalue weighted by Gasteiger charge is 2.26. The third-order valence-electron chi connectivity index (χ3n) is 3.79. The Hall–Kier alpha value is -0.620.